The maximum atomic E-state index is 4.09. The van der Waals surface area contributed by atoms with Gasteiger partial charge in [-0.05, 0) is 19.0 Å². The molecule has 1 saturated heterocycles. The van der Waals surface area contributed by atoms with Gasteiger partial charge in [-0.15, -0.1) is 0 Å². The van der Waals surface area contributed by atoms with Crippen molar-refractivity contribution in [2.45, 2.75) is 12.5 Å². The second-order valence-electron chi connectivity index (χ2n) is 2.93. The van der Waals surface area contributed by atoms with Crippen LogP contribution in [0, 0.1) is 0 Å². The van der Waals surface area contributed by atoms with Gasteiger partial charge in [0.1, 0.15) is 12.1 Å². The van der Waals surface area contributed by atoms with E-state index in [-0.39, 0.29) is 0 Å². The van der Waals surface area contributed by atoms with Crippen molar-refractivity contribution in [1.29, 1.82) is 0 Å². The zero-order valence-corrected chi connectivity index (χ0v) is 6.83. The summed E-state index contributed by atoms with van der Waals surface area (Å²) in [6.07, 6.45) is 4.48. The van der Waals surface area contributed by atoms with Gasteiger partial charge in [-0.25, -0.2) is 9.97 Å². The Morgan fingerprint density at radius 2 is 2.58 bits per heavy atom. The van der Waals surface area contributed by atoms with Crippen LogP contribution in [0.3, 0.4) is 0 Å². The summed E-state index contributed by atoms with van der Waals surface area (Å²) >= 11 is 0. The van der Waals surface area contributed by atoms with E-state index in [1.807, 2.05) is 6.07 Å². The summed E-state index contributed by atoms with van der Waals surface area (Å²) in [7, 11) is 0. The van der Waals surface area contributed by atoms with Gasteiger partial charge in [0, 0.05) is 18.8 Å². The lowest BCUT2D eigenvalue weighted by molar-refractivity contribution is 0.787. The van der Waals surface area contributed by atoms with Crippen molar-refractivity contribution in [1.82, 2.24) is 15.3 Å². The van der Waals surface area contributed by atoms with E-state index in [1.165, 1.54) is 6.42 Å². The van der Waals surface area contributed by atoms with Crippen LogP contribution in [0.4, 0.5) is 5.82 Å². The van der Waals surface area contributed by atoms with Crippen molar-refractivity contribution in [3.8, 4) is 0 Å². The molecule has 0 aromatic carbocycles. The summed E-state index contributed by atoms with van der Waals surface area (Å²) in [6.45, 7) is 2.13. The molecule has 2 rings (SSSR count). The molecule has 2 heterocycles. The van der Waals surface area contributed by atoms with E-state index in [4.69, 9.17) is 0 Å². The Bertz CT molecular complexity index is 230. The zero-order valence-electron chi connectivity index (χ0n) is 6.83. The van der Waals surface area contributed by atoms with E-state index in [9.17, 15) is 0 Å². The van der Waals surface area contributed by atoms with Crippen LogP contribution in [0.1, 0.15) is 6.42 Å². The van der Waals surface area contributed by atoms with Gasteiger partial charge in [0.15, 0.2) is 0 Å². The second-order valence-corrected chi connectivity index (χ2v) is 2.93. The van der Waals surface area contributed by atoms with Crippen LogP contribution in [0.5, 0.6) is 0 Å². The lowest BCUT2D eigenvalue weighted by Crippen LogP contribution is -2.22. The number of rotatable bonds is 2. The molecule has 1 aliphatic heterocycles. The number of nitrogens with zero attached hydrogens (tertiary/aromatic N) is 2. The number of hydrogen-bond acceptors (Lipinski definition) is 4. The third-order valence-corrected chi connectivity index (χ3v) is 1.99. The molecule has 0 saturated carbocycles. The fourth-order valence-electron chi connectivity index (χ4n) is 1.36. The van der Waals surface area contributed by atoms with Crippen LogP contribution in [0.25, 0.3) is 0 Å². The van der Waals surface area contributed by atoms with Gasteiger partial charge < -0.3 is 10.6 Å². The second kappa shape index (κ2) is 3.49. The van der Waals surface area contributed by atoms with Gasteiger partial charge in [0.25, 0.3) is 0 Å². The van der Waals surface area contributed by atoms with Gasteiger partial charge in [0.05, 0.1) is 0 Å². The molecule has 1 aliphatic rings. The van der Waals surface area contributed by atoms with Crippen LogP contribution in [0.15, 0.2) is 18.6 Å². The highest BCUT2D eigenvalue weighted by Gasteiger charge is 2.13. The first-order chi connectivity index (χ1) is 5.95. The highest BCUT2D eigenvalue weighted by molar-refractivity contribution is 5.33. The summed E-state index contributed by atoms with van der Waals surface area (Å²) < 4.78 is 0. The molecule has 4 nitrogen and oxygen atoms in total. The fraction of sp³-hybridized carbons (Fsp3) is 0.500. The first-order valence-corrected chi connectivity index (χ1v) is 4.18. The van der Waals surface area contributed by atoms with Crippen LogP contribution in [0.2, 0.25) is 0 Å². The number of nitrogens with one attached hydrogen (secondary N) is 2. The Morgan fingerprint density at radius 1 is 1.58 bits per heavy atom. The summed E-state index contributed by atoms with van der Waals surface area (Å²) in [5.41, 5.74) is 0. The first kappa shape index (κ1) is 7.49. The average Bonchev–Trinajstić information content (AvgIpc) is 2.59. The standard InChI is InChI=1S/C8H12N4/c1-3-9-5-7(1)12-8-2-4-10-6-11-8/h2,4,6-7,9H,1,3,5H2,(H,10,11,12). The van der Waals surface area contributed by atoms with Crippen molar-refractivity contribution in [2.24, 2.45) is 0 Å². The Hall–Kier alpha value is -1.16. The molecular weight excluding hydrogens is 152 g/mol. The largest absolute Gasteiger partial charge is 0.366 e. The van der Waals surface area contributed by atoms with Crippen molar-refractivity contribution in [3.63, 3.8) is 0 Å². The van der Waals surface area contributed by atoms with Crippen molar-refractivity contribution in [3.05, 3.63) is 18.6 Å². The van der Waals surface area contributed by atoms with Crippen LogP contribution in [-0.2, 0) is 0 Å². The maximum Gasteiger partial charge on any atom is 0.129 e. The van der Waals surface area contributed by atoms with Crippen molar-refractivity contribution < 1.29 is 0 Å². The molecule has 2 N–H and O–H groups in total. The van der Waals surface area contributed by atoms with E-state index in [0.29, 0.717) is 6.04 Å². The van der Waals surface area contributed by atoms with Gasteiger partial charge in [-0.1, -0.05) is 0 Å². The molecule has 1 unspecified atom stereocenters. The monoisotopic (exact) mass is 164 g/mol. The molecule has 0 radical (unpaired) electrons. The Morgan fingerprint density at radius 3 is 3.25 bits per heavy atom. The highest BCUT2D eigenvalue weighted by Crippen LogP contribution is 2.06. The Labute approximate surface area is 71.4 Å². The van der Waals surface area contributed by atoms with Crippen LogP contribution in [-0.4, -0.2) is 29.1 Å². The van der Waals surface area contributed by atoms with Gasteiger partial charge in [-0.2, -0.15) is 0 Å². The van der Waals surface area contributed by atoms with E-state index < -0.39 is 0 Å². The fourth-order valence-corrected chi connectivity index (χ4v) is 1.36. The molecular formula is C8H12N4. The molecule has 1 aromatic rings. The number of anilines is 1. The number of hydrogen-bond donors (Lipinski definition) is 2. The molecule has 0 bridgehead atoms. The molecule has 12 heavy (non-hydrogen) atoms. The number of aromatic nitrogens is 2. The van der Waals surface area contributed by atoms with E-state index >= 15 is 0 Å². The first-order valence-electron chi connectivity index (χ1n) is 4.18. The molecule has 1 atom stereocenters. The maximum absolute atomic E-state index is 4.09. The SMILES string of the molecule is c1cc(NC2CCNC2)ncn1. The van der Waals surface area contributed by atoms with Crippen molar-refractivity contribution in [2.75, 3.05) is 18.4 Å². The minimum absolute atomic E-state index is 0.528. The minimum atomic E-state index is 0.528. The zero-order chi connectivity index (χ0) is 8.23. The average molecular weight is 164 g/mol. The van der Waals surface area contributed by atoms with Crippen molar-refractivity contribution >= 4 is 5.82 Å². The minimum Gasteiger partial charge on any atom is -0.366 e. The van der Waals surface area contributed by atoms with Crippen LogP contribution < -0.4 is 10.6 Å². The molecule has 0 spiro atoms. The molecule has 1 fully saturated rings. The topological polar surface area (TPSA) is 49.8 Å². The van der Waals surface area contributed by atoms with Gasteiger partial charge >= 0.3 is 0 Å². The Kier molecular flexibility index (Phi) is 2.18. The third kappa shape index (κ3) is 1.71. The van der Waals surface area contributed by atoms with Gasteiger partial charge in [-0.3, -0.25) is 0 Å². The lowest BCUT2D eigenvalue weighted by atomic mass is 10.2. The molecule has 0 aliphatic carbocycles. The van der Waals surface area contributed by atoms with E-state index in [0.717, 1.165) is 18.9 Å². The summed E-state index contributed by atoms with van der Waals surface area (Å²) in [5.74, 6) is 0.915. The normalized spacial score (nSPS) is 22.5. The van der Waals surface area contributed by atoms with E-state index in [2.05, 4.69) is 20.6 Å². The highest BCUT2D eigenvalue weighted by atomic mass is 15.1. The quantitative estimate of drug-likeness (QED) is 0.658. The summed E-state index contributed by atoms with van der Waals surface area (Å²) in [4.78, 5) is 7.95. The molecule has 64 valence electrons. The summed E-state index contributed by atoms with van der Waals surface area (Å²) in [5, 5.41) is 6.61. The lowest BCUT2D eigenvalue weighted by Gasteiger charge is -2.10. The predicted octanol–water partition coefficient (Wildman–Crippen LogP) is 0.250. The van der Waals surface area contributed by atoms with Gasteiger partial charge in [0.2, 0.25) is 0 Å². The van der Waals surface area contributed by atoms with Crippen LogP contribution >= 0.6 is 0 Å². The molecule has 4 heteroatoms. The third-order valence-electron chi connectivity index (χ3n) is 1.99. The predicted molar refractivity (Wildman–Crippen MR) is 46.9 cm³/mol. The summed E-state index contributed by atoms with van der Waals surface area (Å²) in [6, 6.07) is 2.41. The smallest absolute Gasteiger partial charge is 0.129 e. The van der Waals surface area contributed by atoms with E-state index in [1.54, 1.807) is 12.5 Å². The molecule has 1 aromatic heterocycles. The Balaban J connectivity index is 1.94. The molecule has 0 amide bonds.